The van der Waals surface area contributed by atoms with Crippen molar-refractivity contribution >= 4 is 12.0 Å². The molecule has 5 heteroatoms. The number of fused-ring (bicyclic) bond motifs is 2. The van der Waals surface area contributed by atoms with E-state index in [9.17, 15) is 9.59 Å². The van der Waals surface area contributed by atoms with Crippen LogP contribution in [0, 0.1) is 5.92 Å². The van der Waals surface area contributed by atoms with Crippen molar-refractivity contribution in [2.75, 3.05) is 13.1 Å². The Morgan fingerprint density at radius 2 is 2.19 bits per heavy atom. The number of hydrogen-bond donors (Lipinski definition) is 2. The molecule has 112 valence electrons. The maximum absolute atomic E-state index is 12.1. The van der Waals surface area contributed by atoms with Crippen LogP contribution in [0.15, 0.2) is 24.3 Å². The summed E-state index contributed by atoms with van der Waals surface area (Å²) < 4.78 is 0. The maximum atomic E-state index is 12.1. The smallest absolute Gasteiger partial charge is 0.335 e. The van der Waals surface area contributed by atoms with Crippen LogP contribution in [-0.4, -0.2) is 41.1 Å². The number of carbonyl (C=O) groups is 2. The van der Waals surface area contributed by atoms with Gasteiger partial charge in [0.1, 0.15) is 0 Å². The summed E-state index contributed by atoms with van der Waals surface area (Å²) in [5.74, 6) is -0.220. The first-order valence-electron chi connectivity index (χ1n) is 7.50. The molecule has 1 aromatic rings. The largest absolute Gasteiger partial charge is 0.478 e. The van der Waals surface area contributed by atoms with Crippen LogP contribution in [0.2, 0.25) is 0 Å². The van der Waals surface area contributed by atoms with Crippen molar-refractivity contribution in [3.05, 3.63) is 35.4 Å². The molecule has 3 rings (SSSR count). The first-order valence-corrected chi connectivity index (χ1v) is 7.50. The van der Waals surface area contributed by atoms with E-state index in [1.54, 1.807) is 18.2 Å². The van der Waals surface area contributed by atoms with E-state index in [1.807, 2.05) is 11.0 Å². The highest BCUT2D eigenvalue weighted by Gasteiger charge is 2.39. The number of nitrogens with one attached hydrogen (secondary N) is 1. The number of benzene rings is 1. The number of aromatic carboxylic acids is 1. The second kappa shape index (κ2) is 5.76. The Hall–Kier alpha value is -2.04. The van der Waals surface area contributed by atoms with Gasteiger partial charge in [-0.15, -0.1) is 0 Å². The summed E-state index contributed by atoms with van der Waals surface area (Å²) in [5, 5.41) is 11.9. The molecule has 0 aromatic heterocycles. The highest BCUT2D eigenvalue weighted by molar-refractivity contribution is 5.87. The van der Waals surface area contributed by atoms with Crippen LogP contribution in [-0.2, 0) is 6.42 Å². The van der Waals surface area contributed by atoms with Gasteiger partial charge in [-0.3, -0.25) is 0 Å². The lowest BCUT2D eigenvalue weighted by Crippen LogP contribution is -2.44. The number of rotatable bonds is 4. The number of nitrogens with zero attached hydrogens (tertiary/aromatic N) is 1. The molecule has 2 unspecified atom stereocenters. The van der Waals surface area contributed by atoms with Crippen molar-refractivity contribution in [1.82, 2.24) is 10.2 Å². The fourth-order valence-electron chi connectivity index (χ4n) is 3.45. The second-order valence-electron chi connectivity index (χ2n) is 5.97. The van der Waals surface area contributed by atoms with E-state index in [0.29, 0.717) is 24.9 Å². The Morgan fingerprint density at radius 3 is 2.86 bits per heavy atom. The molecule has 0 spiro atoms. The fraction of sp³-hybridized carbons (Fsp3) is 0.500. The number of likely N-dealkylation sites (tertiary alicyclic amines) is 1. The summed E-state index contributed by atoms with van der Waals surface area (Å²) >= 11 is 0. The molecular weight excluding hydrogens is 268 g/mol. The number of carboxylic acids is 1. The zero-order chi connectivity index (χ0) is 14.8. The van der Waals surface area contributed by atoms with Gasteiger partial charge in [0.2, 0.25) is 0 Å². The van der Waals surface area contributed by atoms with Crippen LogP contribution in [0.3, 0.4) is 0 Å². The Balaban J connectivity index is 1.49. The molecule has 21 heavy (non-hydrogen) atoms. The Kier molecular flexibility index (Phi) is 3.82. The quantitative estimate of drug-likeness (QED) is 0.891. The van der Waals surface area contributed by atoms with Crippen LogP contribution >= 0.6 is 0 Å². The van der Waals surface area contributed by atoms with Crippen molar-refractivity contribution in [2.45, 2.75) is 31.7 Å². The number of carboxylic acid groups (broad SMARTS) is 1. The van der Waals surface area contributed by atoms with E-state index >= 15 is 0 Å². The summed E-state index contributed by atoms with van der Waals surface area (Å²) in [6.07, 6.45) is 4.21. The molecule has 2 aliphatic rings. The minimum atomic E-state index is -0.922. The molecule has 2 fully saturated rings. The Morgan fingerprint density at radius 1 is 1.33 bits per heavy atom. The molecule has 2 bridgehead atoms. The standard InChI is InChI=1S/C16H20N2O3/c19-15(20)13-3-1-2-11(8-13)6-7-17-16(21)18-10-12-4-5-14(18)9-12/h1-3,8,12,14H,4-7,9-10H2,(H,17,21)(H,19,20). The SMILES string of the molecule is O=C(O)c1cccc(CCNC(=O)N2CC3CCC2C3)c1. The highest BCUT2D eigenvalue weighted by atomic mass is 16.4. The lowest BCUT2D eigenvalue weighted by Gasteiger charge is -2.27. The summed E-state index contributed by atoms with van der Waals surface area (Å²) in [5.41, 5.74) is 1.22. The van der Waals surface area contributed by atoms with E-state index < -0.39 is 5.97 Å². The first kappa shape index (κ1) is 13.9. The van der Waals surface area contributed by atoms with E-state index in [4.69, 9.17) is 5.11 Å². The van der Waals surface area contributed by atoms with E-state index in [0.717, 1.165) is 24.9 Å². The summed E-state index contributed by atoms with van der Waals surface area (Å²) in [7, 11) is 0. The van der Waals surface area contributed by atoms with Gasteiger partial charge in [0.15, 0.2) is 0 Å². The van der Waals surface area contributed by atoms with E-state index in [1.165, 1.54) is 6.42 Å². The van der Waals surface area contributed by atoms with Crippen molar-refractivity contribution < 1.29 is 14.7 Å². The highest BCUT2D eigenvalue weighted by Crippen LogP contribution is 2.37. The summed E-state index contributed by atoms with van der Waals surface area (Å²) in [6.45, 7) is 1.43. The predicted molar refractivity (Wildman–Crippen MR) is 78.3 cm³/mol. The van der Waals surface area contributed by atoms with Crippen molar-refractivity contribution in [3.8, 4) is 0 Å². The molecule has 2 N–H and O–H groups in total. The second-order valence-corrected chi connectivity index (χ2v) is 5.97. The number of urea groups is 1. The van der Waals surface area contributed by atoms with Gasteiger partial charge < -0.3 is 15.3 Å². The van der Waals surface area contributed by atoms with E-state index in [2.05, 4.69) is 5.32 Å². The number of carbonyl (C=O) groups excluding carboxylic acids is 1. The normalized spacial score (nSPS) is 23.3. The molecule has 1 saturated carbocycles. The Bertz CT molecular complexity index is 558. The zero-order valence-electron chi connectivity index (χ0n) is 11.9. The van der Waals surface area contributed by atoms with Crippen LogP contribution < -0.4 is 5.32 Å². The average Bonchev–Trinajstić information content (AvgIpc) is 3.10. The molecule has 2 amide bonds. The van der Waals surface area contributed by atoms with Crippen molar-refractivity contribution in [2.24, 2.45) is 5.92 Å². The monoisotopic (exact) mass is 288 g/mol. The molecule has 0 radical (unpaired) electrons. The minimum Gasteiger partial charge on any atom is -0.478 e. The third kappa shape index (κ3) is 3.01. The van der Waals surface area contributed by atoms with Crippen LogP contribution in [0.4, 0.5) is 4.79 Å². The minimum absolute atomic E-state index is 0.0246. The first-order chi connectivity index (χ1) is 10.1. The van der Waals surface area contributed by atoms with Crippen LogP contribution in [0.25, 0.3) is 0 Å². The molecule has 1 saturated heterocycles. The van der Waals surface area contributed by atoms with Gasteiger partial charge in [-0.25, -0.2) is 9.59 Å². The van der Waals surface area contributed by atoms with Gasteiger partial charge in [-0.2, -0.15) is 0 Å². The van der Waals surface area contributed by atoms with Crippen molar-refractivity contribution in [1.29, 1.82) is 0 Å². The van der Waals surface area contributed by atoms with Gasteiger partial charge in [0.25, 0.3) is 0 Å². The van der Waals surface area contributed by atoms with Crippen LogP contribution in [0.1, 0.15) is 35.2 Å². The number of hydrogen-bond acceptors (Lipinski definition) is 2. The third-order valence-electron chi connectivity index (χ3n) is 4.53. The summed E-state index contributed by atoms with van der Waals surface area (Å²) in [4.78, 5) is 25.0. The van der Waals surface area contributed by atoms with E-state index in [-0.39, 0.29) is 11.6 Å². The van der Waals surface area contributed by atoms with Gasteiger partial charge in [0, 0.05) is 19.1 Å². The van der Waals surface area contributed by atoms with Gasteiger partial charge in [0.05, 0.1) is 5.56 Å². The van der Waals surface area contributed by atoms with Gasteiger partial charge in [-0.1, -0.05) is 12.1 Å². The van der Waals surface area contributed by atoms with Gasteiger partial charge >= 0.3 is 12.0 Å². The molecule has 1 aliphatic carbocycles. The topological polar surface area (TPSA) is 69.6 Å². The lowest BCUT2D eigenvalue weighted by molar-refractivity contribution is 0.0696. The summed E-state index contributed by atoms with van der Waals surface area (Å²) in [6, 6.07) is 7.32. The molecule has 1 aromatic carbocycles. The predicted octanol–water partition coefficient (Wildman–Crippen LogP) is 2.12. The number of piperidine rings is 1. The third-order valence-corrected chi connectivity index (χ3v) is 4.53. The average molecular weight is 288 g/mol. The molecular formula is C16H20N2O3. The van der Waals surface area contributed by atoms with Crippen LogP contribution in [0.5, 0.6) is 0 Å². The lowest BCUT2D eigenvalue weighted by atomic mass is 10.1. The molecule has 2 atom stereocenters. The Labute approximate surface area is 123 Å². The number of amides is 2. The molecule has 1 heterocycles. The van der Waals surface area contributed by atoms with Crippen molar-refractivity contribution in [3.63, 3.8) is 0 Å². The zero-order valence-corrected chi connectivity index (χ0v) is 11.9. The van der Waals surface area contributed by atoms with Gasteiger partial charge in [-0.05, 0) is 49.3 Å². The molecule has 1 aliphatic heterocycles. The maximum Gasteiger partial charge on any atom is 0.335 e. The molecule has 5 nitrogen and oxygen atoms in total. The fourth-order valence-corrected chi connectivity index (χ4v) is 3.45.